The predicted molar refractivity (Wildman–Crippen MR) is 62.1 cm³/mol. The maximum atomic E-state index is 13.5. The number of anilines is 2. The Labute approximate surface area is 96.8 Å². The standard InChI is InChI=1S/C11H11FN4O/c1-6-2-3-8(7(12)4-6)14-11(17)9-5-10(13)16-15-9/h2-5H,1H3,(H,14,17)(H3,13,15,16). The maximum Gasteiger partial charge on any atom is 0.273 e. The van der Waals surface area contributed by atoms with Gasteiger partial charge in [-0.3, -0.25) is 9.89 Å². The molecule has 0 saturated carbocycles. The van der Waals surface area contributed by atoms with Crippen LogP contribution in [0.1, 0.15) is 16.1 Å². The molecular weight excluding hydrogens is 223 g/mol. The molecule has 2 aromatic rings. The second-order valence-electron chi connectivity index (χ2n) is 3.64. The third-order valence-electron chi connectivity index (χ3n) is 2.22. The molecule has 1 aromatic heterocycles. The zero-order valence-electron chi connectivity index (χ0n) is 9.12. The minimum absolute atomic E-state index is 0.119. The number of carbonyl (C=O) groups is 1. The third kappa shape index (κ3) is 2.41. The lowest BCUT2D eigenvalue weighted by atomic mass is 10.2. The van der Waals surface area contributed by atoms with E-state index in [1.807, 2.05) is 0 Å². The van der Waals surface area contributed by atoms with Gasteiger partial charge in [-0.15, -0.1) is 0 Å². The van der Waals surface area contributed by atoms with Crippen LogP contribution in [0.15, 0.2) is 24.3 Å². The molecule has 0 bridgehead atoms. The Balaban J connectivity index is 2.18. The number of nitrogens with zero attached hydrogens (tertiary/aromatic N) is 1. The molecule has 0 saturated heterocycles. The van der Waals surface area contributed by atoms with Gasteiger partial charge in [-0.2, -0.15) is 5.10 Å². The molecule has 0 atom stereocenters. The van der Waals surface area contributed by atoms with Crippen LogP contribution >= 0.6 is 0 Å². The van der Waals surface area contributed by atoms with Gasteiger partial charge < -0.3 is 11.1 Å². The molecule has 5 nitrogen and oxygen atoms in total. The molecular formula is C11H11FN4O. The molecule has 0 unspecified atom stereocenters. The van der Waals surface area contributed by atoms with Gasteiger partial charge in [-0.1, -0.05) is 6.07 Å². The van der Waals surface area contributed by atoms with E-state index in [1.165, 1.54) is 18.2 Å². The number of halogens is 1. The van der Waals surface area contributed by atoms with Crippen molar-refractivity contribution in [1.29, 1.82) is 0 Å². The van der Waals surface area contributed by atoms with Crippen molar-refractivity contribution in [2.45, 2.75) is 6.92 Å². The van der Waals surface area contributed by atoms with Gasteiger partial charge in [-0.25, -0.2) is 4.39 Å². The van der Waals surface area contributed by atoms with Crippen LogP contribution in [0.25, 0.3) is 0 Å². The number of hydrogen-bond donors (Lipinski definition) is 3. The maximum absolute atomic E-state index is 13.5. The summed E-state index contributed by atoms with van der Waals surface area (Å²) in [5.41, 5.74) is 6.45. The number of aromatic amines is 1. The first-order chi connectivity index (χ1) is 8.06. The summed E-state index contributed by atoms with van der Waals surface area (Å²) in [4.78, 5) is 11.7. The Morgan fingerprint density at radius 3 is 2.82 bits per heavy atom. The molecule has 2 rings (SSSR count). The van der Waals surface area contributed by atoms with E-state index in [9.17, 15) is 9.18 Å². The smallest absolute Gasteiger partial charge is 0.273 e. The number of nitrogens with one attached hydrogen (secondary N) is 2. The summed E-state index contributed by atoms with van der Waals surface area (Å²) < 4.78 is 13.5. The summed E-state index contributed by atoms with van der Waals surface area (Å²) in [6.07, 6.45) is 0. The van der Waals surface area contributed by atoms with E-state index in [4.69, 9.17) is 5.73 Å². The number of aromatic nitrogens is 2. The van der Waals surface area contributed by atoms with Gasteiger partial charge >= 0.3 is 0 Å². The molecule has 0 aliphatic rings. The highest BCUT2D eigenvalue weighted by Crippen LogP contribution is 2.16. The summed E-state index contributed by atoms with van der Waals surface area (Å²) in [5.74, 6) is -0.762. The fraction of sp³-hybridized carbons (Fsp3) is 0.0909. The first-order valence-corrected chi connectivity index (χ1v) is 4.94. The second kappa shape index (κ2) is 4.25. The number of nitrogen functional groups attached to an aromatic ring is 1. The molecule has 0 aliphatic heterocycles. The Morgan fingerprint density at radius 1 is 1.47 bits per heavy atom. The Morgan fingerprint density at radius 2 is 2.24 bits per heavy atom. The van der Waals surface area contributed by atoms with Gasteiger partial charge in [0.05, 0.1) is 5.69 Å². The minimum atomic E-state index is -0.489. The van der Waals surface area contributed by atoms with Crippen molar-refractivity contribution in [1.82, 2.24) is 10.2 Å². The number of carbonyl (C=O) groups excluding carboxylic acids is 1. The van der Waals surface area contributed by atoms with E-state index >= 15 is 0 Å². The zero-order chi connectivity index (χ0) is 12.4. The fourth-order valence-corrected chi connectivity index (χ4v) is 1.36. The number of hydrogen-bond acceptors (Lipinski definition) is 3. The van der Waals surface area contributed by atoms with Gasteiger partial charge in [0, 0.05) is 6.07 Å². The van der Waals surface area contributed by atoms with Crippen LogP contribution in [0.5, 0.6) is 0 Å². The molecule has 0 spiro atoms. The number of rotatable bonds is 2. The number of benzene rings is 1. The average molecular weight is 234 g/mol. The molecule has 1 amide bonds. The van der Waals surface area contributed by atoms with Crippen LogP contribution in [0.2, 0.25) is 0 Å². The Hall–Kier alpha value is -2.37. The zero-order valence-corrected chi connectivity index (χ0v) is 9.12. The number of amides is 1. The molecule has 6 heteroatoms. The van der Waals surface area contributed by atoms with E-state index in [0.717, 1.165) is 5.56 Å². The SMILES string of the molecule is Cc1ccc(NC(=O)c2cc(N)n[nH]2)c(F)c1. The summed E-state index contributed by atoms with van der Waals surface area (Å²) in [5, 5.41) is 8.49. The predicted octanol–water partition coefficient (Wildman–Crippen LogP) is 1.69. The van der Waals surface area contributed by atoms with E-state index in [2.05, 4.69) is 15.5 Å². The summed E-state index contributed by atoms with van der Waals surface area (Å²) in [7, 11) is 0. The lowest BCUT2D eigenvalue weighted by Gasteiger charge is -2.05. The lowest BCUT2D eigenvalue weighted by Crippen LogP contribution is -2.13. The van der Waals surface area contributed by atoms with E-state index in [1.54, 1.807) is 13.0 Å². The van der Waals surface area contributed by atoms with Gasteiger partial charge in [0.1, 0.15) is 17.3 Å². The summed E-state index contributed by atoms with van der Waals surface area (Å²) in [6, 6.07) is 5.93. The minimum Gasteiger partial charge on any atom is -0.382 e. The first kappa shape index (κ1) is 11.1. The van der Waals surface area contributed by atoms with Crippen LogP contribution in [-0.2, 0) is 0 Å². The molecule has 0 radical (unpaired) electrons. The number of aryl methyl sites for hydroxylation is 1. The fourth-order valence-electron chi connectivity index (χ4n) is 1.36. The monoisotopic (exact) mass is 234 g/mol. The highest BCUT2D eigenvalue weighted by molar-refractivity contribution is 6.03. The second-order valence-corrected chi connectivity index (χ2v) is 3.64. The van der Waals surface area contributed by atoms with Crippen molar-refractivity contribution in [3.8, 4) is 0 Å². The quantitative estimate of drug-likeness (QED) is 0.739. The highest BCUT2D eigenvalue weighted by atomic mass is 19.1. The molecule has 88 valence electrons. The van der Waals surface area contributed by atoms with Crippen molar-refractivity contribution >= 4 is 17.4 Å². The van der Waals surface area contributed by atoms with Gasteiger partial charge in [0.15, 0.2) is 0 Å². The van der Waals surface area contributed by atoms with E-state index in [0.29, 0.717) is 0 Å². The molecule has 4 N–H and O–H groups in total. The van der Waals surface area contributed by atoms with Gasteiger partial charge in [0.2, 0.25) is 0 Å². The topological polar surface area (TPSA) is 83.8 Å². The van der Waals surface area contributed by atoms with Crippen molar-refractivity contribution in [2.24, 2.45) is 0 Å². The first-order valence-electron chi connectivity index (χ1n) is 4.94. The molecule has 0 aliphatic carbocycles. The summed E-state index contributed by atoms with van der Waals surface area (Å²) in [6.45, 7) is 1.77. The molecule has 1 heterocycles. The van der Waals surface area contributed by atoms with E-state index < -0.39 is 11.7 Å². The third-order valence-corrected chi connectivity index (χ3v) is 2.22. The highest BCUT2D eigenvalue weighted by Gasteiger charge is 2.11. The van der Waals surface area contributed by atoms with Crippen LogP contribution < -0.4 is 11.1 Å². The van der Waals surface area contributed by atoms with Crippen molar-refractivity contribution < 1.29 is 9.18 Å². The average Bonchev–Trinajstić information content (AvgIpc) is 2.69. The van der Waals surface area contributed by atoms with Gasteiger partial charge in [0.25, 0.3) is 5.91 Å². The number of H-pyrrole nitrogens is 1. The normalized spacial score (nSPS) is 10.2. The Kier molecular flexibility index (Phi) is 2.78. The van der Waals surface area contributed by atoms with Crippen LogP contribution in [-0.4, -0.2) is 16.1 Å². The van der Waals surface area contributed by atoms with Crippen molar-refractivity contribution in [3.63, 3.8) is 0 Å². The Bertz CT molecular complexity index is 564. The lowest BCUT2D eigenvalue weighted by molar-refractivity contribution is 0.102. The largest absolute Gasteiger partial charge is 0.382 e. The summed E-state index contributed by atoms with van der Waals surface area (Å²) >= 11 is 0. The van der Waals surface area contributed by atoms with Crippen LogP contribution in [0.4, 0.5) is 15.9 Å². The van der Waals surface area contributed by atoms with Crippen LogP contribution in [0.3, 0.4) is 0 Å². The van der Waals surface area contributed by atoms with Crippen LogP contribution in [0, 0.1) is 12.7 Å². The molecule has 1 aromatic carbocycles. The molecule has 0 fully saturated rings. The van der Waals surface area contributed by atoms with Crippen molar-refractivity contribution in [3.05, 3.63) is 41.3 Å². The van der Waals surface area contributed by atoms with Gasteiger partial charge in [-0.05, 0) is 24.6 Å². The van der Waals surface area contributed by atoms with Crippen molar-refractivity contribution in [2.75, 3.05) is 11.1 Å². The molecule has 17 heavy (non-hydrogen) atoms. The number of nitrogens with two attached hydrogens (primary N) is 1. The van der Waals surface area contributed by atoms with E-state index in [-0.39, 0.29) is 17.2 Å².